The predicted molar refractivity (Wildman–Crippen MR) is 63.3 cm³/mol. The number of anilines is 2. The fourth-order valence-corrected chi connectivity index (χ4v) is 1.69. The Labute approximate surface area is 94.3 Å². The standard InChI is InChI=1S/C11H16N4O/c1-7-9(4-5-16-7)6-15(3)11-10(12)13-8(2)14-11/h4-5H,6,12H2,1-3H3,(H,13,14). The molecule has 0 bridgehead atoms. The maximum Gasteiger partial charge on any atom is 0.171 e. The number of nitrogen functional groups attached to an aromatic ring is 1. The van der Waals surface area contributed by atoms with Gasteiger partial charge in [0.2, 0.25) is 0 Å². The summed E-state index contributed by atoms with van der Waals surface area (Å²) in [6, 6.07) is 1.96. The first-order valence-corrected chi connectivity index (χ1v) is 5.14. The van der Waals surface area contributed by atoms with Crippen molar-refractivity contribution in [3.8, 4) is 0 Å². The second-order valence-electron chi connectivity index (χ2n) is 3.92. The maximum absolute atomic E-state index is 5.83. The van der Waals surface area contributed by atoms with Gasteiger partial charge in [-0.2, -0.15) is 0 Å². The highest BCUT2D eigenvalue weighted by molar-refractivity contribution is 5.58. The highest BCUT2D eigenvalue weighted by Crippen LogP contribution is 2.21. The molecule has 0 saturated heterocycles. The van der Waals surface area contributed by atoms with Crippen LogP contribution < -0.4 is 10.6 Å². The zero-order valence-electron chi connectivity index (χ0n) is 9.74. The van der Waals surface area contributed by atoms with E-state index in [9.17, 15) is 0 Å². The molecule has 5 heteroatoms. The molecule has 3 N–H and O–H groups in total. The van der Waals surface area contributed by atoms with Gasteiger partial charge in [-0.3, -0.25) is 0 Å². The number of aryl methyl sites for hydroxylation is 2. The van der Waals surface area contributed by atoms with Crippen LogP contribution in [-0.2, 0) is 6.54 Å². The lowest BCUT2D eigenvalue weighted by molar-refractivity contribution is 0.529. The molecule has 0 unspecified atom stereocenters. The SMILES string of the molecule is Cc1nc(N(C)Cc2ccoc2C)c(N)[nH]1. The molecule has 0 fully saturated rings. The molecule has 2 aromatic heterocycles. The molecule has 0 aliphatic heterocycles. The number of hydrogen-bond donors (Lipinski definition) is 2. The molecule has 0 atom stereocenters. The molecule has 16 heavy (non-hydrogen) atoms. The van der Waals surface area contributed by atoms with Crippen molar-refractivity contribution >= 4 is 11.6 Å². The third kappa shape index (κ3) is 1.88. The van der Waals surface area contributed by atoms with E-state index in [2.05, 4.69) is 9.97 Å². The minimum atomic E-state index is 0.598. The van der Waals surface area contributed by atoms with Crippen LogP contribution in [0.4, 0.5) is 11.6 Å². The van der Waals surface area contributed by atoms with Gasteiger partial charge in [-0.05, 0) is 19.9 Å². The summed E-state index contributed by atoms with van der Waals surface area (Å²) in [5.41, 5.74) is 6.97. The van der Waals surface area contributed by atoms with Crippen LogP contribution in [0.5, 0.6) is 0 Å². The summed E-state index contributed by atoms with van der Waals surface area (Å²) in [5, 5.41) is 0. The number of nitrogens with one attached hydrogen (secondary N) is 1. The quantitative estimate of drug-likeness (QED) is 0.828. The molecule has 2 rings (SSSR count). The van der Waals surface area contributed by atoms with E-state index in [4.69, 9.17) is 10.2 Å². The van der Waals surface area contributed by atoms with E-state index < -0.39 is 0 Å². The van der Waals surface area contributed by atoms with E-state index in [1.165, 1.54) is 0 Å². The Kier molecular flexibility index (Phi) is 2.60. The fraction of sp³-hybridized carbons (Fsp3) is 0.364. The van der Waals surface area contributed by atoms with Crippen molar-refractivity contribution in [1.29, 1.82) is 0 Å². The van der Waals surface area contributed by atoms with E-state index in [-0.39, 0.29) is 0 Å². The fourth-order valence-electron chi connectivity index (χ4n) is 1.69. The largest absolute Gasteiger partial charge is 0.469 e. The molecule has 0 amide bonds. The van der Waals surface area contributed by atoms with E-state index in [1.807, 2.05) is 31.9 Å². The van der Waals surface area contributed by atoms with Gasteiger partial charge in [-0.25, -0.2) is 4.98 Å². The second kappa shape index (κ2) is 3.92. The molecule has 86 valence electrons. The summed E-state index contributed by atoms with van der Waals surface area (Å²) in [6.45, 7) is 4.57. The number of hydrogen-bond acceptors (Lipinski definition) is 4. The molecule has 5 nitrogen and oxygen atoms in total. The molecule has 2 aromatic rings. The number of nitrogens with zero attached hydrogens (tertiary/aromatic N) is 2. The van der Waals surface area contributed by atoms with Crippen molar-refractivity contribution in [2.75, 3.05) is 17.7 Å². The van der Waals surface area contributed by atoms with Gasteiger partial charge in [0.25, 0.3) is 0 Å². The average Bonchev–Trinajstić information content (AvgIpc) is 2.74. The van der Waals surface area contributed by atoms with Crippen molar-refractivity contribution in [2.24, 2.45) is 0 Å². The number of imidazole rings is 1. The Morgan fingerprint density at radius 3 is 2.75 bits per heavy atom. The minimum absolute atomic E-state index is 0.598. The Morgan fingerprint density at radius 2 is 2.25 bits per heavy atom. The zero-order valence-corrected chi connectivity index (χ0v) is 9.74. The topological polar surface area (TPSA) is 71.1 Å². The third-order valence-electron chi connectivity index (χ3n) is 2.57. The Morgan fingerprint density at radius 1 is 1.50 bits per heavy atom. The lowest BCUT2D eigenvalue weighted by atomic mass is 10.2. The number of aromatic amines is 1. The number of nitrogens with two attached hydrogens (primary N) is 1. The van der Waals surface area contributed by atoms with Gasteiger partial charge >= 0.3 is 0 Å². The molecule has 0 spiro atoms. The monoisotopic (exact) mass is 220 g/mol. The van der Waals surface area contributed by atoms with Crippen LogP contribution in [0.2, 0.25) is 0 Å². The van der Waals surface area contributed by atoms with Gasteiger partial charge < -0.3 is 20.0 Å². The lowest BCUT2D eigenvalue weighted by Gasteiger charge is -2.16. The number of H-pyrrole nitrogens is 1. The molecule has 0 aromatic carbocycles. The highest BCUT2D eigenvalue weighted by Gasteiger charge is 2.12. The van der Waals surface area contributed by atoms with Crippen molar-refractivity contribution in [3.63, 3.8) is 0 Å². The Hall–Kier alpha value is -1.91. The van der Waals surface area contributed by atoms with E-state index in [0.29, 0.717) is 5.82 Å². The molecular weight excluding hydrogens is 204 g/mol. The lowest BCUT2D eigenvalue weighted by Crippen LogP contribution is -2.18. The van der Waals surface area contributed by atoms with Crippen molar-refractivity contribution in [1.82, 2.24) is 9.97 Å². The normalized spacial score (nSPS) is 10.7. The van der Waals surface area contributed by atoms with Crippen LogP contribution in [0.3, 0.4) is 0 Å². The predicted octanol–water partition coefficient (Wildman–Crippen LogP) is 1.84. The molecule has 0 saturated carbocycles. The van der Waals surface area contributed by atoms with Crippen LogP contribution in [0.15, 0.2) is 16.7 Å². The minimum Gasteiger partial charge on any atom is -0.469 e. The highest BCUT2D eigenvalue weighted by atomic mass is 16.3. The van der Waals surface area contributed by atoms with Crippen LogP contribution in [0.1, 0.15) is 17.1 Å². The summed E-state index contributed by atoms with van der Waals surface area (Å²) < 4.78 is 5.25. The van der Waals surface area contributed by atoms with Crippen LogP contribution in [0.25, 0.3) is 0 Å². The summed E-state index contributed by atoms with van der Waals surface area (Å²) in [7, 11) is 1.96. The second-order valence-corrected chi connectivity index (χ2v) is 3.92. The van der Waals surface area contributed by atoms with Gasteiger partial charge in [-0.15, -0.1) is 0 Å². The summed E-state index contributed by atoms with van der Waals surface area (Å²) in [5.74, 6) is 3.13. The number of rotatable bonds is 3. The van der Waals surface area contributed by atoms with E-state index in [1.54, 1.807) is 6.26 Å². The van der Waals surface area contributed by atoms with Gasteiger partial charge in [0.1, 0.15) is 17.4 Å². The molecular formula is C11H16N4O. The van der Waals surface area contributed by atoms with Crippen molar-refractivity contribution < 1.29 is 4.42 Å². The number of furan rings is 1. The van der Waals surface area contributed by atoms with Gasteiger partial charge in [0.05, 0.1) is 6.26 Å². The van der Waals surface area contributed by atoms with Crippen molar-refractivity contribution in [2.45, 2.75) is 20.4 Å². The molecule has 2 heterocycles. The van der Waals surface area contributed by atoms with E-state index >= 15 is 0 Å². The summed E-state index contributed by atoms with van der Waals surface area (Å²) in [6.07, 6.45) is 1.69. The van der Waals surface area contributed by atoms with E-state index in [0.717, 1.165) is 29.5 Å². The van der Waals surface area contributed by atoms with Gasteiger partial charge in [0.15, 0.2) is 5.82 Å². The maximum atomic E-state index is 5.83. The first kappa shape index (κ1) is 10.6. The van der Waals surface area contributed by atoms with Gasteiger partial charge in [-0.1, -0.05) is 0 Å². The smallest absolute Gasteiger partial charge is 0.171 e. The first-order chi connectivity index (χ1) is 7.58. The summed E-state index contributed by atoms with van der Waals surface area (Å²) >= 11 is 0. The van der Waals surface area contributed by atoms with Crippen LogP contribution >= 0.6 is 0 Å². The Balaban J connectivity index is 2.17. The van der Waals surface area contributed by atoms with Crippen LogP contribution in [0, 0.1) is 13.8 Å². The summed E-state index contributed by atoms with van der Waals surface area (Å²) in [4.78, 5) is 9.32. The first-order valence-electron chi connectivity index (χ1n) is 5.14. The molecule has 0 aliphatic rings. The average molecular weight is 220 g/mol. The van der Waals surface area contributed by atoms with Gasteiger partial charge in [0, 0.05) is 19.2 Å². The van der Waals surface area contributed by atoms with Crippen molar-refractivity contribution in [3.05, 3.63) is 29.5 Å². The third-order valence-corrected chi connectivity index (χ3v) is 2.57. The van der Waals surface area contributed by atoms with Crippen LogP contribution in [-0.4, -0.2) is 17.0 Å². The number of aromatic nitrogens is 2. The zero-order chi connectivity index (χ0) is 11.7. The Bertz CT molecular complexity index is 486. The molecule has 0 aliphatic carbocycles. The molecule has 0 radical (unpaired) electrons.